The molecule has 1 atom stereocenters. The number of fused-ring (bicyclic) bond motifs is 1. The lowest BCUT2D eigenvalue weighted by atomic mass is 9.92. The highest BCUT2D eigenvalue weighted by Crippen LogP contribution is 2.28. The molecule has 2 heteroatoms. The second-order valence-electron chi connectivity index (χ2n) is 5.53. The van der Waals surface area contributed by atoms with E-state index in [-0.39, 0.29) is 0 Å². The molecule has 0 radical (unpaired) electrons. The maximum atomic E-state index is 13.1. The summed E-state index contributed by atoms with van der Waals surface area (Å²) in [6.45, 7) is 5.54. The fourth-order valence-corrected chi connectivity index (χ4v) is 2.60. The van der Waals surface area contributed by atoms with Gasteiger partial charge in [-0.05, 0) is 61.1 Å². The van der Waals surface area contributed by atoms with Crippen LogP contribution in [0.3, 0.4) is 0 Å². The number of hydrogen-bond acceptors (Lipinski definition) is 1. The summed E-state index contributed by atoms with van der Waals surface area (Å²) in [4.78, 5) is 11.0. The van der Waals surface area contributed by atoms with E-state index in [0.29, 0.717) is 5.56 Å². The van der Waals surface area contributed by atoms with E-state index >= 15 is 0 Å². The number of rotatable bonds is 4. The number of alkyl halides is 1. The van der Waals surface area contributed by atoms with Crippen LogP contribution in [-0.2, 0) is 6.42 Å². The van der Waals surface area contributed by atoms with Gasteiger partial charge in [0.2, 0.25) is 0 Å². The molecule has 0 saturated heterocycles. The third-order valence-corrected chi connectivity index (χ3v) is 3.86. The van der Waals surface area contributed by atoms with Gasteiger partial charge in [0.25, 0.3) is 0 Å². The normalized spacial score (nSPS) is 16.6. The standard InChI is InChI=1S/C20H21FO/c1-4-17(9-6-15(3)21)20-12-19-11-16(13-22)7-10-18(19)8-5-14(20)2/h4-11,13,15H,12H2,1-3H3/b9-6-,17-4+. The Balaban J connectivity index is 2.43. The van der Waals surface area contributed by atoms with Crippen molar-refractivity contribution >= 4 is 12.4 Å². The smallest absolute Gasteiger partial charge is 0.150 e. The van der Waals surface area contributed by atoms with Crippen LogP contribution in [0.15, 0.2) is 59.2 Å². The Morgan fingerprint density at radius 1 is 1.32 bits per heavy atom. The first-order valence-electron chi connectivity index (χ1n) is 7.50. The predicted molar refractivity (Wildman–Crippen MR) is 90.7 cm³/mol. The Labute approximate surface area is 131 Å². The Bertz CT molecular complexity index is 688. The molecule has 2 rings (SSSR count). The Kier molecular flexibility index (Phi) is 5.26. The molecule has 0 bridgehead atoms. The first kappa shape index (κ1) is 16.2. The highest BCUT2D eigenvalue weighted by atomic mass is 19.1. The zero-order chi connectivity index (χ0) is 16.1. The molecule has 1 aliphatic carbocycles. The molecule has 0 aromatic heterocycles. The zero-order valence-corrected chi connectivity index (χ0v) is 13.3. The van der Waals surface area contributed by atoms with Crippen molar-refractivity contribution in [1.82, 2.24) is 0 Å². The average molecular weight is 296 g/mol. The second-order valence-corrected chi connectivity index (χ2v) is 5.53. The topological polar surface area (TPSA) is 17.1 Å². The molecule has 1 aromatic carbocycles. The zero-order valence-electron chi connectivity index (χ0n) is 13.3. The van der Waals surface area contributed by atoms with E-state index in [1.807, 2.05) is 37.3 Å². The molecule has 0 fully saturated rings. The summed E-state index contributed by atoms with van der Waals surface area (Å²) in [7, 11) is 0. The van der Waals surface area contributed by atoms with Crippen molar-refractivity contribution in [2.45, 2.75) is 33.4 Å². The number of hydrogen-bond donors (Lipinski definition) is 0. The van der Waals surface area contributed by atoms with Crippen LogP contribution in [0.1, 0.15) is 42.3 Å². The van der Waals surface area contributed by atoms with Gasteiger partial charge in [-0.3, -0.25) is 4.79 Å². The number of halogens is 1. The molecule has 1 nitrogen and oxygen atoms in total. The van der Waals surface area contributed by atoms with Crippen LogP contribution in [0, 0.1) is 0 Å². The van der Waals surface area contributed by atoms with Crippen molar-refractivity contribution in [2.75, 3.05) is 0 Å². The first-order chi connectivity index (χ1) is 10.5. The fraction of sp³-hybridized carbons (Fsp3) is 0.250. The highest BCUT2D eigenvalue weighted by Gasteiger charge is 2.13. The molecule has 1 unspecified atom stereocenters. The van der Waals surface area contributed by atoms with Crippen molar-refractivity contribution in [2.24, 2.45) is 0 Å². The Morgan fingerprint density at radius 3 is 2.73 bits per heavy atom. The van der Waals surface area contributed by atoms with Crippen LogP contribution in [0.4, 0.5) is 4.39 Å². The van der Waals surface area contributed by atoms with Crippen molar-refractivity contribution in [1.29, 1.82) is 0 Å². The van der Waals surface area contributed by atoms with Crippen molar-refractivity contribution in [3.05, 3.63) is 75.9 Å². The van der Waals surface area contributed by atoms with E-state index in [0.717, 1.165) is 40.6 Å². The van der Waals surface area contributed by atoms with Gasteiger partial charge in [0.05, 0.1) is 0 Å². The summed E-state index contributed by atoms with van der Waals surface area (Å²) in [6.07, 6.45) is 10.2. The molecule has 0 aliphatic heterocycles. The molecule has 114 valence electrons. The Hall–Kier alpha value is -2.22. The lowest BCUT2D eigenvalue weighted by Crippen LogP contribution is -1.98. The van der Waals surface area contributed by atoms with E-state index in [4.69, 9.17) is 0 Å². The quantitative estimate of drug-likeness (QED) is 0.548. The van der Waals surface area contributed by atoms with Crippen molar-refractivity contribution < 1.29 is 9.18 Å². The number of carbonyl (C=O) groups is 1. The molecule has 22 heavy (non-hydrogen) atoms. The van der Waals surface area contributed by atoms with Crippen LogP contribution in [-0.4, -0.2) is 12.5 Å². The van der Waals surface area contributed by atoms with Gasteiger partial charge in [0.1, 0.15) is 12.5 Å². The van der Waals surface area contributed by atoms with Gasteiger partial charge in [-0.25, -0.2) is 4.39 Å². The summed E-state index contributed by atoms with van der Waals surface area (Å²) in [5.74, 6) is 0. The summed E-state index contributed by atoms with van der Waals surface area (Å²) in [5.41, 5.74) is 6.27. The number of benzene rings is 1. The monoisotopic (exact) mass is 296 g/mol. The minimum absolute atomic E-state index is 0.681. The van der Waals surface area contributed by atoms with Crippen molar-refractivity contribution in [3.8, 4) is 0 Å². The molecule has 0 heterocycles. The minimum atomic E-state index is -0.967. The first-order valence-corrected chi connectivity index (χ1v) is 7.50. The summed E-state index contributed by atoms with van der Waals surface area (Å²) in [5, 5.41) is 0. The lowest BCUT2D eigenvalue weighted by molar-refractivity contribution is 0.112. The molecule has 0 N–H and O–H groups in total. The predicted octanol–water partition coefficient (Wildman–Crippen LogP) is 5.25. The summed E-state index contributed by atoms with van der Waals surface area (Å²) in [6, 6.07) is 5.73. The molecular formula is C20H21FO. The number of aldehydes is 1. The van der Waals surface area contributed by atoms with Gasteiger partial charge in [0, 0.05) is 5.56 Å². The van der Waals surface area contributed by atoms with Crippen LogP contribution >= 0.6 is 0 Å². The minimum Gasteiger partial charge on any atom is -0.298 e. The highest BCUT2D eigenvalue weighted by molar-refractivity contribution is 5.77. The largest absolute Gasteiger partial charge is 0.298 e. The average Bonchev–Trinajstić information content (AvgIpc) is 2.67. The van der Waals surface area contributed by atoms with Gasteiger partial charge in [-0.15, -0.1) is 0 Å². The maximum absolute atomic E-state index is 13.1. The number of carbonyl (C=O) groups excluding carboxylic acids is 1. The molecule has 1 aromatic rings. The van der Waals surface area contributed by atoms with Crippen LogP contribution in [0.2, 0.25) is 0 Å². The molecule has 0 amide bonds. The summed E-state index contributed by atoms with van der Waals surface area (Å²) >= 11 is 0. The van der Waals surface area contributed by atoms with E-state index in [1.54, 1.807) is 6.08 Å². The molecule has 1 aliphatic rings. The van der Waals surface area contributed by atoms with Gasteiger partial charge in [-0.2, -0.15) is 0 Å². The van der Waals surface area contributed by atoms with Gasteiger partial charge >= 0.3 is 0 Å². The lowest BCUT2D eigenvalue weighted by Gasteiger charge is -2.12. The molecular weight excluding hydrogens is 275 g/mol. The third-order valence-electron chi connectivity index (χ3n) is 3.86. The van der Waals surface area contributed by atoms with Gasteiger partial charge < -0.3 is 0 Å². The van der Waals surface area contributed by atoms with Crippen LogP contribution < -0.4 is 0 Å². The second kappa shape index (κ2) is 7.17. The van der Waals surface area contributed by atoms with E-state index < -0.39 is 6.17 Å². The number of allylic oxidation sites excluding steroid dienone is 7. The van der Waals surface area contributed by atoms with E-state index in [1.165, 1.54) is 6.92 Å². The van der Waals surface area contributed by atoms with Crippen LogP contribution in [0.5, 0.6) is 0 Å². The molecule has 0 saturated carbocycles. The molecule has 0 spiro atoms. The van der Waals surface area contributed by atoms with E-state index in [2.05, 4.69) is 19.1 Å². The SMILES string of the molecule is C/C=C(\C=C/C(C)F)C1=C(C)C=Cc2ccc(C=O)cc2C1. The third kappa shape index (κ3) is 3.70. The summed E-state index contributed by atoms with van der Waals surface area (Å²) < 4.78 is 13.1. The van der Waals surface area contributed by atoms with E-state index in [9.17, 15) is 9.18 Å². The maximum Gasteiger partial charge on any atom is 0.150 e. The van der Waals surface area contributed by atoms with Gasteiger partial charge in [0.15, 0.2) is 0 Å². The Morgan fingerprint density at radius 2 is 2.09 bits per heavy atom. The van der Waals surface area contributed by atoms with Gasteiger partial charge in [-0.1, -0.05) is 42.5 Å². The fourth-order valence-electron chi connectivity index (χ4n) is 2.60. The van der Waals surface area contributed by atoms with Crippen LogP contribution in [0.25, 0.3) is 6.08 Å². The van der Waals surface area contributed by atoms with Crippen molar-refractivity contribution in [3.63, 3.8) is 0 Å².